The van der Waals surface area contributed by atoms with Crippen LogP contribution in [0, 0.1) is 18.7 Å². The fourth-order valence-corrected chi connectivity index (χ4v) is 4.72. The number of aromatic nitrogens is 3. The minimum atomic E-state index is -0.430. The monoisotopic (exact) mass is 490 g/mol. The van der Waals surface area contributed by atoms with Gasteiger partial charge in [-0.05, 0) is 61.4 Å². The molecule has 0 saturated carbocycles. The first kappa shape index (κ1) is 24.0. The Balaban J connectivity index is 1.61. The number of anilines is 2. The summed E-state index contributed by atoms with van der Waals surface area (Å²) >= 11 is 0. The van der Waals surface area contributed by atoms with Crippen LogP contribution in [0.25, 0.3) is 11.3 Å². The van der Waals surface area contributed by atoms with Gasteiger partial charge in [0, 0.05) is 24.8 Å². The van der Waals surface area contributed by atoms with E-state index in [4.69, 9.17) is 4.74 Å². The lowest BCUT2D eigenvalue weighted by molar-refractivity contribution is 0.100. The number of carbonyl (C=O) groups excluding carboxylic acids is 1. The number of halogens is 1. The summed E-state index contributed by atoms with van der Waals surface area (Å²) in [7, 11) is 1.82. The number of nitrogens with zero attached hydrogens (tertiary/aromatic N) is 5. The van der Waals surface area contributed by atoms with Gasteiger partial charge in [0.15, 0.2) is 0 Å². The van der Waals surface area contributed by atoms with Crippen molar-refractivity contribution in [3.05, 3.63) is 53.1 Å². The lowest BCUT2D eigenvalue weighted by Crippen LogP contribution is -2.35. The number of nitrogens with one attached hydrogen (secondary N) is 1. The first-order chi connectivity index (χ1) is 17.2. The van der Waals surface area contributed by atoms with E-state index in [1.54, 1.807) is 29.1 Å². The number of guanidine groups is 1. The molecule has 0 radical (unpaired) electrons. The third-order valence-corrected chi connectivity index (χ3v) is 6.68. The summed E-state index contributed by atoms with van der Waals surface area (Å²) in [4.78, 5) is 24.4. The maximum absolute atomic E-state index is 15.1. The Morgan fingerprint density at radius 1 is 1.22 bits per heavy atom. The van der Waals surface area contributed by atoms with E-state index in [-0.39, 0.29) is 17.7 Å². The van der Waals surface area contributed by atoms with Crippen LogP contribution < -0.4 is 15.0 Å². The summed E-state index contributed by atoms with van der Waals surface area (Å²) in [5, 5.41) is 7.42. The second kappa shape index (κ2) is 9.37. The van der Waals surface area contributed by atoms with Gasteiger partial charge in [0.25, 0.3) is 5.91 Å². The van der Waals surface area contributed by atoms with Crippen molar-refractivity contribution in [2.24, 2.45) is 18.0 Å². The molecule has 2 aromatic heterocycles. The Morgan fingerprint density at radius 2 is 2.03 bits per heavy atom. The zero-order valence-corrected chi connectivity index (χ0v) is 21.3. The topological polar surface area (TPSA) is 84.6 Å². The van der Waals surface area contributed by atoms with E-state index in [0.29, 0.717) is 53.3 Å². The summed E-state index contributed by atoms with van der Waals surface area (Å²) in [6, 6.07) is 6.95. The van der Waals surface area contributed by atoms with Gasteiger partial charge in [-0.3, -0.25) is 9.78 Å². The van der Waals surface area contributed by atoms with E-state index in [9.17, 15) is 4.79 Å². The van der Waals surface area contributed by atoms with E-state index in [1.165, 1.54) is 0 Å². The predicted molar refractivity (Wildman–Crippen MR) is 138 cm³/mol. The number of amides is 1. The van der Waals surface area contributed by atoms with Gasteiger partial charge in [0.05, 0.1) is 29.7 Å². The van der Waals surface area contributed by atoms with Gasteiger partial charge >= 0.3 is 0 Å². The molecule has 0 fully saturated rings. The van der Waals surface area contributed by atoms with E-state index in [0.717, 1.165) is 24.0 Å². The fourth-order valence-electron chi connectivity index (χ4n) is 4.72. The maximum Gasteiger partial charge on any atom is 0.280 e. The smallest absolute Gasteiger partial charge is 0.280 e. The molecule has 3 aromatic rings. The van der Waals surface area contributed by atoms with Crippen LogP contribution in [0.4, 0.5) is 15.8 Å². The Morgan fingerprint density at radius 3 is 2.81 bits per heavy atom. The van der Waals surface area contributed by atoms with Crippen LogP contribution in [-0.4, -0.2) is 39.8 Å². The first-order valence-electron chi connectivity index (χ1n) is 12.4. The number of ether oxygens (including phenoxy) is 1. The SMILES string of the molecule is Cc1cc2cc(n1)-c1cnn(C)c1OCCC[C@@H](C)CN1/C(=N/C2=O)Nc2c(F)cc(C(C)C)cc21. The minimum Gasteiger partial charge on any atom is -0.477 e. The van der Waals surface area contributed by atoms with Crippen LogP contribution in [-0.2, 0) is 7.05 Å². The Bertz CT molecular complexity index is 1360. The number of fused-ring (bicyclic) bond motifs is 7. The van der Waals surface area contributed by atoms with E-state index < -0.39 is 5.91 Å². The van der Waals surface area contributed by atoms with Crippen molar-refractivity contribution in [2.45, 2.75) is 46.5 Å². The lowest BCUT2D eigenvalue weighted by atomic mass is 10.0. The van der Waals surface area contributed by atoms with Gasteiger partial charge in [0.1, 0.15) is 11.5 Å². The lowest BCUT2D eigenvalue weighted by Gasteiger charge is -2.23. The van der Waals surface area contributed by atoms with Crippen molar-refractivity contribution >= 4 is 23.2 Å². The van der Waals surface area contributed by atoms with Crippen LogP contribution in [0.15, 0.2) is 35.5 Å². The van der Waals surface area contributed by atoms with Crippen molar-refractivity contribution in [3.63, 3.8) is 0 Å². The summed E-state index contributed by atoms with van der Waals surface area (Å²) in [5.74, 6) is 0.591. The molecular formula is C27H31FN6O2. The average molecular weight is 491 g/mol. The number of aliphatic imine (C=N–C) groups is 1. The third kappa shape index (κ3) is 4.45. The van der Waals surface area contributed by atoms with Gasteiger partial charge < -0.3 is 15.0 Å². The molecule has 5 rings (SSSR count). The number of hydrogen-bond acceptors (Lipinski definition) is 6. The highest BCUT2D eigenvalue weighted by atomic mass is 19.1. The number of hydrogen-bond donors (Lipinski definition) is 1. The molecule has 1 amide bonds. The van der Waals surface area contributed by atoms with Gasteiger partial charge in [0.2, 0.25) is 11.8 Å². The van der Waals surface area contributed by atoms with Gasteiger partial charge in [-0.15, -0.1) is 0 Å². The highest BCUT2D eigenvalue weighted by Crippen LogP contribution is 2.39. The van der Waals surface area contributed by atoms with Gasteiger partial charge in [-0.2, -0.15) is 10.1 Å². The summed E-state index contributed by atoms with van der Waals surface area (Å²) in [6.45, 7) is 9.16. The molecule has 0 spiro atoms. The molecule has 188 valence electrons. The van der Waals surface area contributed by atoms with Gasteiger partial charge in [-0.25, -0.2) is 9.07 Å². The molecule has 2 aliphatic rings. The molecule has 36 heavy (non-hydrogen) atoms. The Labute approximate surface area is 210 Å². The second-order valence-electron chi connectivity index (χ2n) is 9.99. The molecule has 8 nitrogen and oxygen atoms in total. The van der Waals surface area contributed by atoms with E-state index >= 15 is 4.39 Å². The summed E-state index contributed by atoms with van der Waals surface area (Å²) in [6.07, 6.45) is 3.42. The van der Waals surface area contributed by atoms with Crippen LogP contribution in [0.3, 0.4) is 0 Å². The van der Waals surface area contributed by atoms with Crippen molar-refractivity contribution < 1.29 is 13.9 Å². The highest BCUT2D eigenvalue weighted by Gasteiger charge is 2.31. The Kier molecular flexibility index (Phi) is 6.24. The third-order valence-electron chi connectivity index (χ3n) is 6.68. The normalized spacial score (nSPS) is 19.3. The molecule has 2 aliphatic heterocycles. The summed E-state index contributed by atoms with van der Waals surface area (Å²) < 4.78 is 22.9. The van der Waals surface area contributed by atoms with Crippen LogP contribution in [0.1, 0.15) is 61.1 Å². The molecule has 4 heterocycles. The minimum absolute atomic E-state index is 0.166. The van der Waals surface area contributed by atoms with Crippen molar-refractivity contribution in [2.75, 3.05) is 23.4 Å². The number of rotatable bonds is 1. The fraction of sp³-hybridized carbons (Fsp3) is 0.407. The largest absolute Gasteiger partial charge is 0.477 e. The maximum atomic E-state index is 15.1. The predicted octanol–water partition coefficient (Wildman–Crippen LogP) is 5.29. The molecule has 0 saturated heterocycles. The number of pyridine rings is 1. The first-order valence-corrected chi connectivity index (χ1v) is 12.4. The van der Waals surface area contributed by atoms with Gasteiger partial charge in [-0.1, -0.05) is 20.8 Å². The second-order valence-corrected chi connectivity index (χ2v) is 9.99. The standard InChI is InChI=1S/C27H31FN6O2/c1-15(2)18-10-21(28)24-23(12-18)34-14-16(3)7-6-8-36-26-20(13-29-33(26)5)22-11-19(9-17(4)30-22)25(35)32-27(34)31-24/h9-13,15-16H,6-8,14H2,1-5H3,(H,31,32,35)/t16-/m1/s1. The van der Waals surface area contributed by atoms with E-state index in [1.807, 2.05) is 38.8 Å². The zero-order chi connectivity index (χ0) is 25.6. The molecule has 1 atom stereocenters. The highest BCUT2D eigenvalue weighted by molar-refractivity contribution is 6.19. The van der Waals surface area contributed by atoms with Crippen molar-refractivity contribution in [1.29, 1.82) is 0 Å². The quantitative estimate of drug-likeness (QED) is 0.499. The number of carbonyl (C=O) groups is 1. The molecular weight excluding hydrogens is 459 g/mol. The number of benzene rings is 1. The molecule has 0 unspecified atom stereocenters. The summed E-state index contributed by atoms with van der Waals surface area (Å²) in [5.41, 5.74) is 4.36. The molecule has 0 aliphatic carbocycles. The van der Waals surface area contributed by atoms with Crippen LogP contribution >= 0.6 is 0 Å². The molecule has 1 N–H and O–H groups in total. The van der Waals surface area contributed by atoms with Crippen molar-refractivity contribution in [3.8, 4) is 17.1 Å². The Hall–Kier alpha value is -3.75. The molecule has 2 bridgehead atoms. The van der Waals surface area contributed by atoms with E-state index in [2.05, 4.69) is 27.3 Å². The zero-order valence-electron chi connectivity index (χ0n) is 21.3. The number of aryl methyl sites for hydroxylation is 2. The molecule has 1 aromatic carbocycles. The molecule has 9 heteroatoms. The van der Waals surface area contributed by atoms with Crippen LogP contribution in [0.2, 0.25) is 0 Å². The van der Waals surface area contributed by atoms with Crippen LogP contribution in [0.5, 0.6) is 5.88 Å². The average Bonchev–Trinajstić information content (AvgIpc) is 3.36. The van der Waals surface area contributed by atoms with Crippen molar-refractivity contribution in [1.82, 2.24) is 14.8 Å².